The van der Waals surface area contributed by atoms with Crippen LogP contribution in [-0.2, 0) is 19.4 Å². The van der Waals surface area contributed by atoms with Crippen LogP contribution in [0.15, 0.2) is 48.5 Å². The lowest BCUT2D eigenvalue weighted by molar-refractivity contribution is -0.139. The molecular formula is C22H23NO6S. The fourth-order valence-corrected chi connectivity index (χ4v) is 6.28. The minimum absolute atomic E-state index is 0.0385. The summed E-state index contributed by atoms with van der Waals surface area (Å²) >= 11 is 0. The van der Waals surface area contributed by atoms with Gasteiger partial charge in [0.2, 0.25) is 0 Å². The van der Waals surface area contributed by atoms with Crippen LogP contribution in [0.5, 0.6) is 0 Å². The molecular weight excluding hydrogens is 406 g/mol. The van der Waals surface area contributed by atoms with E-state index in [1.165, 1.54) is 0 Å². The van der Waals surface area contributed by atoms with Gasteiger partial charge in [-0.25, -0.2) is 18.0 Å². The number of benzene rings is 2. The number of carbonyl (C=O) groups is 2. The number of ether oxygens (including phenoxy) is 1. The van der Waals surface area contributed by atoms with Crippen LogP contribution in [0, 0.1) is 5.92 Å². The highest BCUT2D eigenvalue weighted by atomic mass is 32.2. The van der Waals surface area contributed by atoms with E-state index >= 15 is 0 Å². The number of carbonyl (C=O) groups excluding carboxylic acids is 1. The predicted molar refractivity (Wildman–Crippen MR) is 111 cm³/mol. The number of fused-ring (bicyclic) bond motifs is 3. The van der Waals surface area contributed by atoms with Gasteiger partial charge in [0.1, 0.15) is 12.6 Å². The number of hydrogen-bond donors (Lipinski definition) is 2. The molecule has 2 aromatic carbocycles. The van der Waals surface area contributed by atoms with E-state index < -0.39 is 27.9 Å². The van der Waals surface area contributed by atoms with Crippen LogP contribution in [0.3, 0.4) is 0 Å². The molecule has 4 rings (SSSR count). The van der Waals surface area contributed by atoms with E-state index in [9.17, 15) is 23.1 Å². The first-order valence-corrected chi connectivity index (χ1v) is 11.7. The molecule has 2 atom stereocenters. The SMILES string of the molecule is O=C(NC(CC1CCS(=O)(=O)C1)C(=O)O)OCC1c2ccccc2-c2ccccc21. The lowest BCUT2D eigenvalue weighted by atomic mass is 9.98. The van der Waals surface area contributed by atoms with Crippen molar-refractivity contribution in [3.63, 3.8) is 0 Å². The standard InChI is InChI=1S/C22H23NO6S/c24-21(25)20(11-14-9-10-30(27,28)13-14)23-22(26)29-12-19-17-7-3-1-5-15(17)16-6-2-4-8-18(16)19/h1-8,14,19-20H,9-13H2,(H,23,26)(H,24,25). The Kier molecular flexibility index (Phi) is 5.51. The number of sulfone groups is 1. The van der Waals surface area contributed by atoms with Crippen molar-refractivity contribution >= 4 is 21.9 Å². The number of carboxylic acid groups (broad SMARTS) is 1. The lowest BCUT2D eigenvalue weighted by Gasteiger charge is -2.19. The molecule has 1 heterocycles. The molecule has 0 saturated carbocycles. The van der Waals surface area contributed by atoms with Gasteiger partial charge < -0.3 is 15.2 Å². The average Bonchev–Trinajstić information content (AvgIpc) is 3.22. The normalized spacial score (nSPS) is 20.2. The molecule has 7 nitrogen and oxygen atoms in total. The van der Waals surface area contributed by atoms with Crippen LogP contribution in [0.25, 0.3) is 11.1 Å². The zero-order chi connectivity index (χ0) is 21.3. The molecule has 1 saturated heterocycles. The topological polar surface area (TPSA) is 110 Å². The van der Waals surface area contributed by atoms with E-state index in [1.54, 1.807) is 0 Å². The molecule has 0 spiro atoms. The summed E-state index contributed by atoms with van der Waals surface area (Å²) < 4.78 is 28.6. The second kappa shape index (κ2) is 8.10. The molecule has 1 fully saturated rings. The molecule has 1 aliphatic heterocycles. The molecule has 2 aromatic rings. The first-order chi connectivity index (χ1) is 14.3. The Morgan fingerprint density at radius 1 is 1.07 bits per heavy atom. The molecule has 2 N–H and O–H groups in total. The van der Waals surface area contributed by atoms with E-state index in [-0.39, 0.29) is 36.4 Å². The molecule has 0 radical (unpaired) electrons. The average molecular weight is 429 g/mol. The van der Waals surface area contributed by atoms with E-state index in [0.717, 1.165) is 22.3 Å². The quantitative estimate of drug-likeness (QED) is 0.731. The Hall–Kier alpha value is -2.87. The van der Waals surface area contributed by atoms with Gasteiger partial charge in [-0.3, -0.25) is 0 Å². The molecule has 30 heavy (non-hydrogen) atoms. The highest BCUT2D eigenvalue weighted by Crippen LogP contribution is 2.44. The van der Waals surface area contributed by atoms with Crippen molar-refractivity contribution in [2.24, 2.45) is 5.92 Å². The Morgan fingerprint density at radius 3 is 2.20 bits per heavy atom. The van der Waals surface area contributed by atoms with E-state index in [1.807, 2.05) is 48.5 Å². The van der Waals surface area contributed by atoms with Crippen LogP contribution >= 0.6 is 0 Å². The summed E-state index contributed by atoms with van der Waals surface area (Å²) in [5, 5.41) is 11.8. The minimum atomic E-state index is -3.11. The molecule has 158 valence electrons. The molecule has 2 unspecified atom stereocenters. The van der Waals surface area contributed by atoms with Crippen molar-refractivity contribution < 1.29 is 27.9 Å². The maximum Gasteiger partial charge on any atom is 0.407 e. The van der Waals surface area contributed by atoms with E-state index in [2.05, 4.69) is 5.32 Å². The number of alkyl carbamates (subject to hydrolysis) is 1. The summed E-state index contributed by atoms with van der Waals surface area (Å²) in [6.45, 7) is 0.0873. The van der Waals surface area contributed by atoms with Gasteiger partial charge in [-0.1, -0.05) is 48.5 Å². The summed E-state index contributed by atoms with van der Waals surface area (Å²) in [4.78, 5) is 23.9. The van der Waals surface area contributed by atoms with Gasteiger partial charge in [0.25, 0.3) is 0 Å². The van der Waals surface area contributed by atoms with Crippen molar-refractivity contribution in [2.75, 3.05) is 18.1 Å². The van der Waals surface area contributed by atoms with Crippen LogP contribution in [0.4, 0.5) is 4.79 Å². The Morgan fingerprint density at radius 2 is 1.67 bits per heavy atom. The van der Waals surface area contributed by atoms with Crippen LogP contribution in [0.2, 0.25) is 0 Å². The summed E-state index contributed by atoms with van der Waals surface area (Å²) in [5.74, 6) is -1.57. The van der Waals surface area contributed by atoms with Gasteiger partial charge in [-0.15, -0.1) is 0 Å². The lowest BCUT2D eigenvalue weighted by Crippen LogP contribution is -2.42. The molecule has 0 bridgehead atoms. The maximum atomic E-state index is 12.3. The van der Waals surface area contributed by atoms with Gasteiger partial charge >= 0.3 is 12.1 Å². The van der Waals surface area contributed by atoms with Crippen molar-refractivity contribution in [1.82, 2.24) is 5.32 Å². The summed E-state index contributed by atoms with van der Waals surface area (Å²) in [5.41, 5.74) is 4.34. The summed E-state index contributed by atoms with van der Waals surface area (Å²) in [7, 11) is -3.11. The first kappa shape index (κ1) is 20.4. The largest absolute Gasteiger partial charge is 0.480 e. The maximum absolute atomic E-state index is 12.3. The molecule has 1 amide bonds. The molecule has 1 aliphatic carbocycles. The number of aliphatic carboxylic acids is 1. The number of amides is 1. The number of nitrogens with one attached hydrogen (secondary N) is 1. The van der Waals surface area contributed by atoms with Crippen LogP contribution in [-0.4, -0.2) is 49.7 Å². The zero-order valence-corrected chi connectivity index (χ0v) is 17.1. The highest BCUT2D eigenvalue weighted by molar-refractivity contribution is 7.91. The van der Waals surface area contributed by atoms with Crippen molar-refractivity contribution in [2.45, 2.75) is 24.8 Å². The van der Waals surface area contributed by atoms with Crippen LogP contribution in [0.1, 0.15) is 29.9 Å². The van der Waals surface area contributed by atoms with E-state index in [0.29, 0.717) is 6.42 Å². The summed E-state index contributed by atoms with van der Waals surface area (Å²) in [6.07, 6.45) is -0.331. The van der Waals surface area contributed by atoms with Gasteiger partial charge in [0.05, 0.1) is 11.5 Å². The summed E-state index contributed by atoms with van der Waals surface area (Å²) in [6, 6.07) is 14.7. The highest BCUT2D eigenvalue weighted by Gasteiger charge is 2.33. The van der Waals surface area contributed by atoms with Gasteiger partial charge in [-0.2, -0.15) is 0 Å². The third-order valence-electron chi connectivity index (χ3n) is 5.83. The first-order valence-electron chi connectivity index (χ1n) is 9.89. The fourth-order valence-electron chi connectivity index (χ4n) is 4.40. The number of rotatable bonds is 6. The van der Waals surface area contributed by atoms with Gasteiger partial charge in [0, 0.05) is 5.92 Å². The number of carboxylic acids is 1. The Balaban J connectivity index is 1.40. The minimum Gasteiger partial charge on any atom is -0.480 e. The third kappa shape index (κ3) is 4.18. The monoisotopic (exact) mass is 429 g/mol. The second-order valence-electron chi connectivity index (χ2n) is 7.87. The van der Waals surface area contributed by atoms with Gasteiger partial charge in [0.15, 0.2) is 9.84 Å². The molecule has 8 heteroatoms. The molecule has 2 aliphatic rings. The Bertz CT molecular complexity index is 1040. The smallest absolute Gasteiger partial charge is 0.407 e. The predicted octanol–water partition coefficient (Wildman–Crippen LogP) is 2.80. The van der Waals surface area contributed by atoms with Crippen LogP contribution < -0.4 is 5.32 Å². The third-order valence-corrected chi connectivity index (χ3v) is 7.67. The van der Waals surface area contributed by atoms with Crippen molar-refractivity contribution in [3.05, 3.63) is 59.7 Å². The van der Waals surface area contributed by atoms with E-state index in [4.69, 9.17) is 4.74 Å². The number of hydrogen-bond acceptors (Lipinski definition) is 5. The molecule has 0 aromatic heterocycles. The fraction of sp³-hybridized carbons (Fsp3) is 0.364. The zero-order valence-electron chi connectivity index (χ0n) is 16.3. The van der Waals surface area contributed by atoms with Gasteiger partial charge in [-0.05, 0) is 41.0 Å². The second-order valence-corrected chi connectivity index (χ2v) is 10.1. The Labute approximate surface area is 175 Å². The van der Waals surface area contributed by atoms with Crippen molar-refractivity contribution in [3.8, 4) is 11.1 Å². The van der Waals surface area contributed by atoms with Crippen molar-refractivity contribution in [1.29, 1.82) is 0 Å².